The van der Waals surface area contributed by atoms with E-state index in [1.54, 1.807) is 34.8 Å². The Balaban J connectivity index is 0.735. The summed E-state index contributed by atoms with van der Waals surface area (Å²) < 4.78 is 20.2. The van der Waals surface area contributed by atoms with Crippen molar-refractivity contribution < 1.29 is 38.8 Å². The van der Waals surface area contributed by atoms with Crippen LogP contribution in [-0.2, 0) is 25.7 Å². The minimum atomic E-state index is -0.892. The number of thiazole rings is 1. The van der Waals surface area contributed by atoms with Gasteiger partial charge in [0, 0.05) is 66.8 Å². The highest BCUT2D eigenvalue weighted by molar-refractivity contribution is 9.10. The van der Waals surface area contributed by atoms with Crippen LogP contribution in [0.25, 0.3) is 31.0 Å². The fraction of sp³-hybridized carbons (Fsp3) is 0.385. The topological polar surface area (TPSA) is 166 Å². The number of β-amino-alcohol motifs (C(OH)–C–C–N with tert-alkyl or cyclic N) is 1. The molecule has 2 aliphatic rings. The number of amides is 3. The second-order valence-electron chi connectivity index (χ2n) is 18.5. The van der Waals surface area contributed by atoms with Crippen LogP contribution < -0.4 is 20.1 Å². The molecule has 0 bridgehead atoms. The zero-order valence-corrected chi connectivity index (χ0v) is 42.5. The number of phenolic OH excluding ortho intramolecular Hbond substituents is 1. The van der Waals surface area contributed by atoms with E-state index < -0.39 is 23.6 Å². The summed E-state index contributed by atoms with van der Waals surface area (Å²) in [5.74, 6) is 1.34. The first-order valence-electron chi connectivity index (χ1n) is 23.2. The van der Waals surface area contributed by atoms with E-state index in [9.17, 15) is 24.6 Å². The predicted molar refractivity (Wildman–Crippen MR) is 274 cm³/mol. The minimum absolute atomic E-state index is 0.0176. The molecule has 2 aliphatic heterocycles. The monoisotopic (exact) mass is 1040 g/mol. The average molecular weight is 1040 g/mol. The van der Waals surface area contributed by atoms with Gasteiger partial charge < -0.3 is 40.0 Å². The number of aryl methyl sites for hydroxylation is 1. The number of thiophene rings is 1. The number of hydrogen-bond acceptors (Lipinski definition) is 13. The molecule has 364 valence electrons. The highest BCUT2D eigenvalue weighted by Crippen LogP contribution is 2.47. The molecule has 17 heteroatoms. The summed E-state index contributed by atoms with van der Waals surface area (Å²) in [7, 11) is 0. The zero-order valence-electron chi connectivity index (χ0n) is 39.3. The molecule has 2 saturated heterocycles. The van der Waals surface area contributed by atoms with Gasteiger partial charge in [-0.2, -0.15) is 0 Å². The fourth-order valence-electron chi connectivity index (χ4n) is 8.55. The number of hydrogen-bond donors (Lipinski definition) is 4. The van der Waals surface area contributed by atoms with Gasteiger partial charge in [-0.15, -0.1) is 22.7 Å². The van der Waals surface area contributed by atoms with Crippen LogP contribution >= 0.6 is 38.6 Å². The summed E-state index contributed by atoms with van der Waals surface area (Å²) in [5.41, 5.74) is 5.14. The van der Waals surface area contributed by atoms with Gasteiger partial charge in [0.15, 0.2) is 5.75 Å². The molecule has 4 heterocycles. The number of nitrogens with zero attached hydrogens (tertiary/aromatic N) is 4. The zero-order chi connectivity index (χ0) is 48.7. The van der Waals surface area contributed by atoms with E-state index in [0.717, 1.165) is 72.1 Å². The minimum Gasteiger partial charge on any atom is -0.508 e. The number of aromatic nitrogens is 1. The number of piperazine rings is 1. The maximum absolute atomic E-state index is 14.1. The molecule has 8 rings (SSSR count). The first kappa shape index (κ1) is 50.0. The number of ether oxygens (including phenoxy) is 3. The lowest BCUT2D eigenvalue weighted by Gasteiger charge is -2.37. The molecule has 0 radical (unpaired) electrons. The SMILES string of the molecule is Cc1ncsc1-c1ccc(CNC(=O)[C@@H]2C[C@@H](O)CN2C(=O)[C@@H](NC(=O)CN2CCN(CCOCCOc3ccc(Oc4c(-c5ccc(Br)cc5)sc5cc(O)ccc45)cc3)CC2)C(C)(C)C)cc1. The van der Waals surface area contributed by atoms with Crippen molar-refractivity contribution in [3.8, 4) is 43.9 Å². The van der Waals surface area contributed by atoms with Gasteiger partial charge in [0.2, 0.25) is 17.7 Å². The second kappa shape index (κ2) is 22.6. The molecule has 69 heavy (non-hydrogen) atoms. The lowest BCUT2D eigenvalue weighted by Crippen LogP contribution is -2.59. The number of benzene rings is 4. The Bertz CT molecular complexity index is 2700. The second-order valence-corrected chi connectivity index (χ2v) is 21.4. The van der Waals surface area contributed by atoms with Crippen molar-refractivity contribution in [1.82, 2.24) is 30.3 Å². The van der Waals surface area contributed by atoms with Gasteiger partial charge >= 0.3 is 0 Å². The molecule has 0 unspecified atom stereocenters. The van der Waals surface area contributed by atoms with Crippen molar-refractivity contribution in [3.05, 3.63) is 112 Å². The number of nitrogens with one attached hydrogen (secondary N) is 2. The smallest absolute Gasteiger partial charge is 0.246 e. The van der Waals surface area contributed by atoms with Gasteiger partial charge in [0.1, 0.15) is 35.9 Å². The first-order valence-corrected chi connectivity index (χ1v) is 25.7. The van der Waals surface area contributed by atoms with E-state index in [0.29, 0.717) is 44.4 Å². The number of carbonyl (C=O) groups is 3. The normalized spacial score (nSPS) is 17.2. The number of aromatic hydroxyl groups is 1. The van der Waals surface area contributed by atoms with E-state index in [4.69, 9.17) is 14.2 Å². The maximum Gasteiger partial charge on any atom is 0.246 e. The van der Waals surface area contributed by atoms with Gasteiger partial charge in [-0.3, -0.25) is 24.2 Å². The van der Waals surface area contributed by atoms with Crippen molar-refractivity contribution in [3.63, 3.8) is 0 Å². The Labute approximate surface area is 419 Å². The quantitative estimate of drug-likeness (QED) is 0.0615. The number of halogens is 1. The van der Waals surface area contributed by atoms with Crippen LogP contribution in [0.1, 0.15) is 38.4 Å². The van der Waals surface area contributed by atoms with Gasteiger partial charge in [-0.1, -0.05) is 73.1 Å². The molecule has 6 aromatic rings. The molecule has 3 atom stereocenters. The number of phenols is 1. The number of rotatable bonds is 18. The van der Waals surface area contributed by atoms with Crippen LogP contribution in [0.4, 0.5) is 0 Å². The number of aliphatic hydroxyl groups is 1. The van der Waals surface area contributed by atoms with Crippen molar-refractivity contribution in [1.29, 1.82) is 0 Å². The maximum atomic E-state index is 14.1. The van der Waals surface area contributed by atoms with Gasteiger partial charge in [-0.05, 0) is 83.6 Å². The highest BCUT2D eigenvalue weighted by atomic mass is 79.9. The lowest BCUT2D eigenvalue weighted by molar-refractivity contribution is -0.144. The summed E-state index contributed by atoms with van der Waals surface area (Å²) in [6, 6.07) is 27.1. The summed E-state index contributed by atoms with van der Waals surface area (Å²) in [6.45, 7) is 13.1. The number of carbonyl (C=O) groups excluding carboxylic acids is 3. The summed E-state index contributed by atoms with van der Waals surface area (Å²) in [5, 5.41) is 27.6. The Morgan fingerprint density at radius 3 is 2.25 bits per heavy atom. The fourth-order valence-corrected chi connectivity index (χ4v) is 10.8. The summed E-state index contributed by atoms with van der Waals surface area (Å²) in [4.78, 5) is 53.3. The van der Waals surface area contributed by atoms with Crippen LogP contribution in [0.2, 0.25) is 0 Å². The third-order valence-corrected chi connectivity index (χ3v) is 15.1. The van der Waals surface area contributed by atoms with Crippen molar-refractivity contribution in [2.75, 3.05) is 65.6 Å². The Kier molecular flexibility index (Phi) is 16.4. The Morgan fingerprint density at radius 1 is 0.870 bits per heavy atom. The predicted octanol–water partition coefficient (Wildman–Crippen LogP) is 8.08. The molecule has 2 aromatic heterocycles. The summed E-state index contributed by atoms with van der Waals surface area (Å²) >= 11 is 6.67. The Hall–Kier alpha value is -5.40. The molecule has 3 amide bonds. The third-order valence-electron chi connectivity index (χ3n) is 12.4. The summed E-state index contributed by atoms with van der Waals surface area (Å²) in [6.07, 6.45) is -0.723. The van der Waals surface area contributed by atoms with E-state index in [1.165, 1.54) is 4.90 Å². The highest BCUT2D eigenvalue weighted by Gasteiger charge is 2.44. The molecule has 4 N–H and O–H groups in total. The number of aliphatic hydroxyl groups excluding tert-OH is 1. The van der Waals surface area contributed by atoms with Gasteiger partial charge in [0.05, 0.1) is 46.8 Å². The van der Waals surface area contributed by atoms with E-state index in [1.807, 2.05) is 112 Å². The van der Waals surface area contributed by atoms with E-state index >= 15 is 0 Å². The molecule has 0 aliphatic carbocycles. The van der Waals surface area contributed by atoms with Gasteiger partial charge in [0.25, 0.3) is 0 Å². The molecule has 0 saturated carbocycles. The largest absolute Gasteiger partial charge is 0.508 e. The van der Waals surface area contributed by atoms with Gasteiger partial charge in [-0.25, -0.2) is 4.98 Å². The Morgan fingerprint density at radius 2 is 1.55 bits per heavy atom. The van der Waals surface area contributed by atoms with Crippen LogP contribution in [-0.4, -0.2) is 131 Å². The van der Waals surface area contributed by atoms with Crippen molar-refractivity contribution in [2.45, 2.75) is 58.8 Å². The average Bonchev–Trinajstić information content (AvgIpc) is 4.05. The first-order chi connectivity index (χ1) is 33.2. The van der Waals surface area contributed by atoms with Crippen LogP contribution in [0.3, 0.4) is 0 Å². The number of fused-ring (bicyclic) bond motifs is 1. The molecular weight excluding hydrogens is 981 g/mol. The van der Waals surface area contributed by atoms with E-state index in [2.05, 4.69) is 41.3 Å². The van der Waals surface area contributed by atoms with Crippen LogP contribution in [0.5, 0.6) is 23.0 Å². The van der Waals surface area contributed by atoms with Crippen molar-refractivity contribution in [2.24, 2.45) is 5.41 Å². The third kappa shape index (κ3) is 12.9. The van der Waals surface area contributed by atoms with Crippen LogP contribution in [0, 0.1) is 12.3 Å². The molecule has 2 fully saturated rings. The standard InChI is InChI=1S/C52H59BrN6O8S2/c1-33-47(68-32-55-33)35-7-5-34(6-8-35)29-54-50(63)43-27-39(61)30-59(43)51(64)49(52(2,3)4)56-45(62)31-58-21-19-57(20-22-58)23-24-65-25-26-66-40-14-16-41(17-15-40)67-46-42-18-13-38(60)28-44(42)69-48(46)36-9-11-37(53)12-10-36/h5-18,28,32,39,43,49,60-61H,19-27,29-31H2,1-4H3,(H,54,63)(H,56,62)/t39-,43+,49-/m1/s1. The van der Waals surface area contributed by atoms with E-state index in [-0.39, 0.29) is 49.5 Å². The molecule has 0 spiro atoms. The van der Waals surface area contributed by atoms with Crippen LogP contribution in [0.15, 0.2) is 101 Å². The lowest BCUT2D eigenvalue weighted by atomic mass is 9.85. The molecule has 4 aromatic carbocycles. The van der Waals surface area contributed by atoms with Crippen molar-refractivity contribution >= 4 is 66.4 Å². The molecular formula is C52H59BrN6O8S2. The molecule has 14 nitrogen and oxygen atoms in total. The number of likely N-dealkylation sites (tertiary alicyclic amines) is 1.